The molecule has 2 heterocycles. The molecule has 0 saturated heterocycles. The van der Waals surface area contributed by atoms with Gasteiger partial charge >= 0.3 is 0 Å². The smallest absolute Gasteiger partial charge is 0.232 e. The predicted octanol–water partition coefficient (Wildman–Crippen LogP) is 7.24. The van der Waals surface area contributed by atoms with Crippen molar-refractivity contribution in [2.75, 3.05) is 24.0 Å². The lowest BCUT2D eigenvalue weighted by Crippen LogP contribution is -2.41. The van der Waals surface area contributed by atoms with Gasteiger partial charge in [-0.2, -0.15) is 0 Å². The summed E-state index contributed by atoms with van der Waals surface area (Å²) >= 11 is 6.25. The van der Waals surface area contributed by atoms with E-state index in [9.17, 15) is 4.79 Å². The summed E-state index contributed by atoms with van der Waals surface area (Å²) in [5.41, 5.74) is 5.98. The summed E-state index contributed by atoms with van der Waals surface area (Å²) in [6.45, 7) is 4.88. The molecule has 1 aliphatic rings. The maximum atomic E-state index is 13.8. The first-order valence-corrected chi connectivity index (χ1v) is 13.9. The highest BCUT2D eigenvalue weighted by Crippen LogP contribution is 2.44. The summed E-state index contributed by atoms with van der Waals surface area (Å²) in [5, 5.41) is 0.648. The number of carbonyl (C=O) groups is 1. The van der Waals surface area contributed by atoms with Crippen LogP contribution in [0.3, 0.4) is 0 Å². The van der Waals surface area contributed by atoms with Gasteiger partial charge in [-0.1, -0.05) is 30.7 Å². The van der Waals surface area contributed by atoms with E-state index in [4.69, 9.17) is 21.1 Å². The number of hydrogen-bond acceptors (Lipinski definition) is 5. The summed E-state index contributed by atoms with van der Waals surface area (Å²) in [6.07, 6.45) is 4.77. The number of benzene rings is 3. The number of methoxy groups -OCH3 is 1. The zero-order valence-electron chi connectivity index (χ0n) is 23.3. The van der Waals surface area contributed by atoms with Crippen LogP contribution in [0.1, 0.15) is 48.6 Å². The Balaban J connectivity index is 1.54. The lowest BCUT2D eigenvalue weighted by Gasteiger charge is -2.38. The number of ether oxygens (including phenoxy) is 2. The van der Waals surface area contributed by atoms with Crippen LogP contribution in [-0.4, -0.2) is 31.2 Å². The van der Waals surface area contributed by atoms with Crippen LogP contribution in [0, 0.1) is 0 Å². The van der Waals surface area contributed by atoms with Gasteiger partial charge in [0.2, 0.25) is 5.91 Å². The van der Waals surface area contributed by atoms with Crippen LogP contribution in [-0.2, 0) is 17.8 Å². The van der Waals surface area contributed by atoms with Gasteiger partial charge in [0, 0.05) is 42.4 Å². The third-order valence-corrected chi connectivity index (χ3v) is 7.67. The summed E-state index contributed by atoms with van der Waals surface area (Å²) < 4.78 is 11.9. The highest BCUT2D eigenvalue weighted by molar-refractivity contribution is 6.30. The quantitative estimate of drug-likeness (QED) is 0.218. The van der Waals surface area contributed by atoms with Crippen LogP contribution in [0.25, 0.3) is 0 Å². The third kappa shape index (κ3) is 5.77. The second-order valence-corrected chi connectivity index (χ2v) is 10.6. The number of nitrogens with zero attached hydrogens (tertiary/aromatic N) is 3. The first kappa shape index (κ1) is 27.5. The minimum absolute atomic E-state index is 0.0167. The zero-order valence-corrected chi connectivity index (χ0v) is 24.1. The van der Waals surface area contributed by atoms with Gasteiger partial charge in [0.25, 0.3) is 0 Å². The molecule has 40 heavy (non-hydrogen) atoms. The molecule has 1 aromatic heterocycles. The molecule has 0 unspecified atom stereocenters. The molecule has 0 saturated carbocycles. The van der Waals surface area contributed by atoms with Gasteiger partial charge in [0.15, 0.2) is 11.5 Å². The lowest BCUT2D eigenvalue weighted by atomic mass is 9.86. The molecule has 0 N–H and O–H groups in total. The summed E-state index contributed by atoms with van der Waals surface area (Å²) in [5.74, 6) is 1.33. The fraction of sp³-hybridized carbons (Fsp3) is 0.273. The number of hydrogen-bond donors (Lipinski definition) is 0. The predicted molar refractivity (Wildman–Crippen MR) is 161 cm³/mol. The van der Waals surface area contributed by atoms with E-state index in [-0.39, 0.29) is 24.5 Å². The topological polar surface area (TPSA) is 54.9 Å². The Labute approximate surface area is 241 Å². The third-order valence-electron chi connectivity index (χ3n) is 7.42. The van der Waals surface area contributed by atoms with Crippen molar-refractivity contribution in [3.05, 3.63) is 112 Å². The van der Waals surface area contributed by atoms with Gasteiger partial charge in [0.1, 0.15) is 0 Å². The standard InChI is InChI=1S/C33H34ClN3O3/c1-5-22(2)40-31-20-29-25(18-30(31)39-4)19-32(38)37(33(29)24-6-8-26(34)9-7-24)28-12-10-27(11-13-28)36(3)21-23-14-16-35-17-15-23/h6-18,20,22,33H,5,19,21H2,1-4H3/t22-,33+/m1/s1. The van der Waals surface area contributed by atoms with Crippen molar-refractivity contribution in [2.24, 2.45) is 0 Å². The minimum Gasteiger partial charge on any atom is -0.493 e. The van der Waals surface area contributed by atoms with Crippen LogP contribution in [0.5, 0.6) is 11.5 Å². The average Bonchev–Trinajstić information content (AvgIpc) is 2.97. The van der Waals surface area contributed by atoms with E-state index in [1.165, 1.54) is 5.56 Å². The molecule has 3 aromatic carbocycles. The van der Waals surface area contributed by atoms with E-state index >= 15 is 0 Å². The monoisotopic (exact) mass is 555 g/mol. The number of carbonyl (C=O) groups excluding carboxylic acids is 1. The molecule has 6 nitrogen and oxygen atoms in total. The van der Waals surface area contributed by atoms with Crippen molar-refractivity contribution < 1.29 is 14.3 Å². The molecule has 4 aromatic rings. The molecule has 0 fully saturated rings. The number of anilines is 2. The van der Waals surface area contributed by atoms with E-state index in [2.05, 4.69) is 36.0 Å². The fourth-order valence-corrected chi connectivity index (χ4v) is 5.22. The second-order valence-electron chi connectivity index (χ2n) is 10.2. The molecule has 0 aliphatic carbocycles. The highest BCUT2D eigenvalue weighted by atomic mass is 35.5. The van der Waals surface area contributed by atoms with E-state index < -0.39 is 0 Å². The first-order chi connectivity index (χ1) is 19.4. The Bertz CT molecular complexity index is 1460. The average molecular weight is 556 g/mol. The molecule has 1 amide bonds. The molecule has 5 rings (SSSR count). The van der Waals surface area contributed by atoms with Crippen molar-refractivity contribution in [3.8, 4) is 11.5 Å². The van der Waals surface area contributed by atoms with Crippen molar-refractivity contribution >= 4 is 28.9 Å². The van der Waals surface area contributed by atoms with Crippen LogP contribution in [0.2, 0.25) is 5.02 Å². The second kappa shape index (κ2) is 12.0. The van der Waals surface area contributed by atoms with Gasteiger partial charge in [-0.3, -0.25) is 9.78 Å². The number of pyridine rings is 1. The Morgan fingerprint density at radius 2 is 1.73 bits per heavy atom. The summed E-state index contributed by atoms with van der Waals surface area (Å²) in [7, 11) is 3.69. The minimum atomic E-state index is -0.348. The van der Waals surface area contributed by atoms with E-state index in [0.717, 1.165) is 41.0 Å². The Hall–Kier alpha value is -4.03. The molecule has 0 radical (unpaired) electrons. The van der Waals surface area contributed by atoms with Gasteiger partial charge in [0.05, 0.1) is 25.7 Å². The van der Waals surface area contributed by atoms with Crippen LogP contribution in [0.4, 0.5) is 11.4 Å². The number of aromatic nitrogens is 1. The largest absolute Gasteiger partial charge is 0.493 e. The molecule has 0 spiro atoms. The first-order valence-electron chi connectivity index (χ1n) is 13.5. The highest BCUT2D eigenvalue weighted by Gasteiger charge is 2.36. The Kier molecular flexibility index (Phi) is 8.27. The van der Waals surface area contributed by atoms with Crippen molar-refractivity contribution in [2.45, 2.75) is 45.4 Å². The lowest BCUT2D eigenvalue weighted by molar-refractivity contribution is -0.118. The Morgan fingerprint density at radius 1 is 1.02 bits per heavy atom. The molecule has 2 atom stereocenters. The number of halogens is 1. The maximum Gasteiger partial charge on any atom is 0.232 e. The fourth-order valence-electron chi connectivity index (χ4n) is 5.10. The maximum absolute atomic E-state index is 13.8. The number of rotatable bonds is 9. The van der Waals surface area contributed by atoms with Crippen LogP contribution >= 0.6 is 11.6 Å². The molecule has 7 heteroatoms. The van der Waals surface area contributed by atoms with Gasteiger partial charge < -0.3 is 19.3 Å². The van der Waals surface area contributed by atoms with Crippen molar-refractivity contribution in [1.82, 2.24) is 4.98 Å². The zero-order chi connectivity index (χ0) is 28.2. The van der Waals surface area contributed by atoms with E-state index in [1.807, 2.05) is 72.5 Å². The van der Waals surface area contributed by atoms with Crippen molar-refractivity contribution in [3.63, 3.8) is 0 Å². The molecule has 206 valence electrons. The number of fused-ring (bicyclic) bond motifs is 1. The molecular formula is C33H34ClN3O3. The molecule has 1 aliphatic heterocycles. The Morgan fingerprint density at radius 3 is 2.38 bits per heavy atom. The van der Waals surface area contributed by atoms with Gasteiger partial charge in [-0.05, 0) is 96.3 Å². The SMILES string of the molecule is CC[C@@H](C)Oc1cc2c(cc1OC)CC(=O)N(c1ccc(N(C)Cc3ccncc3)cc1)[C@H]2c1ccc(Cl)cc1. The molecule has 0 bridgehead atoms. The normalized spacial score (nSPS) is 15.4. The van der Waals surface area contributed by atoms with Gasteiger partial charge in [-0.15, -0.1) is 0 Å². The van der Waals surface area contributed by atoms with E-state index in [1.54, 1.807) is 19.5 Å². The van der Waals surface area contributed by atoms with Crippen LogP contribution in [0.15, 0.2) is 85.2 Å². The molecular weight excluding hydrogens is 522 g/mol. The summed E-state index contributed by atoms with van der Waals surface area (Å²) in [4.78, 5) is 22.0. The van der Waals surface area contributed by atoms with E-state index in [0.29, 0.717) is 16.5 Å². The summed E-state index contributed by atoms with van der Waals surface area (Å²) in [6, 6.07) is 23.5. The van der Waals surface area contributed by atoms with Crippen molar-refractivity contribution in [1.29, 1.82) is 0 Å². The van der Waals surface area contributed by atoms with Crippen LogP contribution < -0.4 is 19.3 Å². The number of amides is 1. The van der Waals surface area contributed by atoms with Gasteiger partial charge in [-0.25, -0.2) is 0 Å².